The van der Waals surface area contributed by atoms with Gasteiger partial charge in [0.05, 0.1) is 5.69 Å². The molecule has 0 saturated heterocycles. The van der Waals surface area contributed by atoms with E-state index in [0.29, 0.717) is 12.1 Å². The van der Waals surface area contributed by atoms with Gasteiger partial charge in [-0.25, -0.2) is 4.68 Å². The van der Waals surface area contributed by atoms with Crippen LogP contribution < -0.4 is 5.32 Å². The number of rotatable bonds is 5. The second-order valence-corrected chi connectivity index (χ2v) is 4.81. The van der Waals surface area contributed by atoms with Crippen molar-refractivity contribution >= 4 is 5.91 Å². The van der Waals surface area contributed by atoms with Gasteiger partial charge in [-0.05, 0) is 38.5 Å². The Morgan fingerprint density at radius 2 is 2.10 bits per heavy atom. The van der Waals surface area contributed by atoms with E-state index < -0.39 is 0 Å². The van der Waals surface area contributed by atoms with Gasteiger partial charge >= 0.3 is 0 Å². The number of carbonyl (C=O) groups is 1. The van der Waals surface area contributed by atoms with Crippen LogP contribution >= 0.6 is 0 Å². The minimum atomic E-state index is -0.219. The zero-order valence-electron chi connectivity index (χ0n) is 11.7. The van der Waals surface area contributed by atoms with E-state index >= 15 is 0 Å². The van der Waals surface area contributed by atoms with E-state index in [-0.39, 0.29) is 18.6 Å². The summed E-state index contributed by atoms with van der Waals surface area (Å²) in [6, 6.07) is 11.4. The molecule has 20 heavy (non-hydrogen) atoms. The maximum atomic E-state index is 12.1. The smallest absolute Gasteiger partial charge is 0.272 e. The number of aliphatic hydroxyl groups excluding tert-OH is 1. The summed E-state index contributed by atoms with van der Waals surface area (Å²) in [5.41, 5.74) is 2.21. The average molecular weight is 273 g/mol. The van der Waals surface area contributed by atoms with Crippen LogP contribution in [0.3, 0.4) is 0 Å². The van der Waals surface area contributed by atoms with Crippen molar-refractivity contribution in [3.63, 3.8) is 0 Å². The maximum Gasteiger partial charge on any atom is 0.272 e. The minimum Gasteiger partial charge on any atom is -0.396 e. The molecular weight excluding hydrogens is 254 g/mol. The first-order valence-corrected chi connectivity index (χ1v) is 6.65. The fourth-order valence-corrected chi connectivity index (χ4v) is 1.98. The molecule has 2 N–H and O–H groups in total. The standard InChI is InChI=1S/C15H19N3O2/c1-11(8-9-19)16-15(20)14-10-12(2)18(17-14)13-6-4-3-5-7-13/h3-7,10-11,19H,8-9H2,1-2H3,(H,16,20). The largest absolute Gasteiger partial charge is 0.396 e. The van der Waals surface area contributed by atoms with Gasteiger partial charge in [0.2, 0.25) is 0 Å². The Morgan fingerprint density at radius 3 is 2.75 bits per heavy atom. The first-order chi connectivity index (χ1) is 9.61. The molecule has 1 heterocycles. The van der Waals surface area contributed by atoms with Crippen LogP contribution in [0.4, 0.5) is 0 Å². The van der Waals surface area contributed by atoms with Crippen molar-refractivity contribution in [2.45, 2.75) is 26.3 Å². The predicted octanol–water partition coefficient (Wildman–Crippen LogP) is 1.68. The van der Waals surface area contributed by atoms with Crippen molar-refractivity contribution < 1.29 is 9.90 Å². The highest BCUT2D eigenvalue weighted by Crippen LogP contribution is 2.11. The Kier molecular flexibility index (Phi) is 4.53. The fraction of sp³-hybridized carbons (Fsp3) is 0.333. The molecule has 0 bridgehead atoms. The van der Waals surface area contributed by atoms with E-state index in [9.17, 15) is 4.79 Å². The molecule has 0 radical (unpaired) electrons. The van der Waals surface area contributed by atoms with E-state index in [1.807, 2.05) is 44.2 Å². The van der Waals surface area contributed by atoms with Crippen LogP contribution in [0.15, 0.2) is 36.4 Å². The first-order valence-electron chi connectivity index (χ1n) is 6.65. The van der Waals surface area contributed by atoms with Crippen LogP contribution in [0.1, 0.15) is 29.5 Å². The number of hydrogen-bond donors (Lipinski definition) is 2. The van der Waals surface area contributed by atoms with Gasteiger partial charge in [-0.3, -0.25) is 4.79 Å². The summed E-state index contributed by atoms with van der Waals surface area (Å²) in [7, 11) is 0. The number of aromatic nitrogens is 2. The van der Waals surface area contributed by atoms with E-state index in [2.05, 4.69) is 10.4 Å². The number of nitrogens with one attached hydrogen (secondary N) is 1. The Bertz CT molecular complexity index is 578. The maximum absolute atomic E-state index is 12.1. The lowest BCUT2D eigenvalue weighted by molar-refractivity contribution is 0.0929. The molecule has 2 aromatic rings. The summed E-state index contributed by atoms with van der Waals surface area (Å²) in [5.74, 6) is -0.219. The van der Waals surface area contributed by atoms with Gasteiger partial charge in [-0.15, -0.1) is 0 Å². The summed E-state index contributed by atoms with van der Waals surface area (Å²) in [5, 5.41) is 16.0. The molecule has 0 aliphatic heterocycles. The van der Waals surface area contributed by atoms with Gasteiger partial charge in [0.15, 0.2) is 5.69 Å². The van der Waals surface area contributed by atoms with Gasteiger partial charge in [0.1, 0.15) is 0 Å². The molecule has 0 saturated carbocycles. The highest BCUT2D eigenvalue weighted by atomic mass is 16.3. The SMILES string of the molecule is Cc1cc(C(=O)NC(C)CCO)nn1-c1ccccc1. The second-order valence-electron chi connectivity index (χ2n) is 4.81. The number of carbonyl (C=O) groups excluding carboxylic acids is 1. The summed E-state index contributed by atoms with van der Waals surface area (Å²) in [6.45, 7) is 3.82. The molecule has 5 nitrogen and oxygen atoms in total. The number of amides is 1. The van der Waals surface area contributed by atoms with Gasteiger partial charge < -0.3 is 10.4 Å². The van der Waals surface area contributed by atoms with Crippen LogP contribution in [-0.2, 0) is 0 Å². The predicted molar refractivity (Wildman–Crippen MR) is 76.9 cm³/mol. The highest BCUT2D eigenvalue weighted by Gasteiger charge is 2.14. The van der Waals surface area contributed by atoms with Crippen LogP contribution in [0.2, 0.25) is 0 Å². The molecule has 106 valence electrons. The topological polar surface area (TPSA) is 67.2 Å². The molecule has 0 aliphatic carbocycles. The van der Waals surface area contributed by atoms with Gasteiger partial charge in [-0.1, -0.05) is 18.2 Å². The van der Waals surface area contributed by atoms with Crippen molar-refractivity contribution in [2.24, 2.45) is 0 Å². The van der Waals surface area contributed by atoms with Gasteiger partial charge in [0.25, 0.3) is 5.91 Å². The third kappa shape index (κ3) is 3.24. The Hall–Kier alpha value is -2.14. The molecule has 0 spiro atoms. The number of nitrogens with zero attached hydrogens (tertiary/aromatic N) is 2. The van der Waals surface area contributed by atoms with Crippen molar-refractivity contribution in [2.75, 3.05) is 6.61 Å². The molecule has 1 aromatic carbocycles. The monoisotopic (exact) mass is 273 g/mol. The molecule has 0 aliphatic rings. The zero-order chi connectivity index (χ0) is 14.5. The molecule has 5 heteroatoms. The van der Waals surface area contributed by atoms with Crippen LogP contribution in [0.5, 0.6) is 0 Å². The second kappa shape index (κ2) is 6.34. The summed E-state index contributed by atoms with van der Waals surface area (Å²) >= 11 is 0. The van der Waals surface area contributed by atoms with E-state index in [1.165, 1.54) is 0 Å². The fourth-order valence-electron chi connectivity index (χ4n) is 1.98. The lowest BCUT2D eigenvalue weighted by Gasteiger charge is -2.10. The summed E-state index contributed by atoms with van der Waals surface area (Å²) in [4.78, 5) is 12.1. The van der Waals surface area contributed by atoms with E-state index in [0.717, 1.165) is 11.4 Å². The molecule has 1 atom stereocenters. The van der Waals surface area contributed by atoms with Crippen molar-refractivity contribution in [3.8, 4) is 5.69 Å². The van der Waals surface area contributed by atoms with Gasteiger partial charge in [-0.2, -0.15) is 5.10 Å². The number of para-hydroxylation sites is 1. The minimum absolute atomic E-state index is 0.0545. The number of aryl methyl sites for hydroxylation is 1. The van der Waals surface area contributed by atoms with Crippen molar-refractivity contribution in [1.82, 2.24) is 15.1 Å². The third-order valence-corrected chi connectivity index (χ3v) is 3.06. The third-order valence-electron chi connectivity index (χ3n) is 3.06. The molecule has 1 aromatic heterocycles. The summed E-state index contributed by atoms with van der Waals surface area (Å²) in [6.07, 6.45) is 0.532. The van der Waals surface area contributed by atoms with E-state index in [1.54, 1.807) is 10.7 Å². The zero-order valence-corrected chi connectivity index (χ0v) is 11.7. The normalized spacial score (nSPS) is 12.2. The van der Waals surface area contributed by atoms with Crippen LogP contribution in [-0.4, -0.2) is 33.4 Å². The van der Waals surface area contributed by atoms with Crippen LogP contribution in [0, 0.1) is 6.92 Å². The molecule has 1 unspecified atom stereocenters. The van der Waals surface area contributed by atoms with Crippen molar-refractivity contribution in [3.05, 3.63) is 47.8 Å². The molecule has 0 fully saturated rings. The first kappa shape index (κ1) is 14.3. The average Bonchev–Trinajstić information content (AvgIpc) is 2.82. The molecule has 2 rings (SSSR count). The number of hydrogen-bond acceptors (Lipinski definition) is 3. The van der Waals surface area contributed by atoms with Gasteiger partial charge in [0, 0.05) is 18.3 Å². The summed E-state index contributed by atoms with van der Waals surface area (Å²) < 4.78 is 1.74. The van der Waals surface area contributed by atoms with Crippen molar-refractivity contribution in [1.29, 1.82) is 0 Å². The van der Waals surface area contributed by atoms with E-state index in [4.69, 9.17) is 5.11 Å². The molecule has 1 amide bonds. The number of benzene rings is 1. The lowest BCUT2D eigenvalue weighted by atomic mass is 10.2. The van der Waals surface area contributed by atoms with Crippen LogP contribution in [0.25, 0.3) is 5.69 Å². The number of aliphatic hydroxyl groups is 1. The Labute approximate surface area is 118 Å². The Balaban J connectivity index is 2.17. The highest BCUT2D eigenvalue weighted by molar-refractivity contribution is 5.92. The Morgan fingerprint density at radius 1 is 1.40 bits per heavy atom. The molecular formula is C15H19N3O2. The quantitative estimate of drug-likeness (QED) is 0.871. The lowest BCUT2D eigenvalue weighted by Crippen LogP contribution is -2.33.